The van der Waals surface area contributed by atoms with E-state index in [4.69, 9.17) is 16.3 Å². The SMILES string of the molecule is CC(O)CC(C)(C)CNC(=O)NCCOc1ccc(Cl)cc1. The van der Waals surface area contributed by atoms with Crippen LogP contribution in [-0.2, 0) is 0 Å². The Bertz CT molecular complexity index is 461. The lowest BCUT2D eigenvalue weighted by atomic mass is 9.87. The fourth-order valence-corrected chi connectivity index (χ4v) is 2.24. The zero-order chi connectivity index (χ0) is 16.6. The highest BCUT2D eigenvalue weighted by Crippen LogP contribution is 2.20. The molecule has 1 aromatic rings. The first-order valence-electron chi connectivity index (χ1n) is 7.37. The van der Waals surface area contributed by atoms with Crippen molar-refractivity contribution < 1.29 is 14.6 Å². The van der Waals surface area contributed by atoms with Gasteiger partial charge >= 0.3 is 6.03 Å². The van der Waals surface area contributed by atoms with E-state index in [2.05, 4.69) is 10.6 Å². The molecule has 0 spiro atoms. The highest BCUT2D eigenvalue weighted by molar-refractivity contribution is 6.30. The summed E-state index contributed by atoms with van der Waals surface area (Å²) in [6.07, 6.45) is 0.250. The van der Waals surface area contributed by atoms with E-state index in [0.29, 0.717) is 36.9 Å². The van der Waals surface area contributed by atoms with Crippen LogP contribution in [0.3, 0.4) is 0 Å². The van der Waals surface area contributed by atoms with Gasteiger partial charge in [0.1, 0.15) is 12.4 Å². The molecule has 0 fully saturated rings. The third-order valence-corrected chi connectivity index (χ3v) is 3.30. The van der Waals surface area contributed by atoms with Crippen LogP contribution in [0.1, 0.15) is 27.2 Å². The number of carbonyl (C=O) groups is 1. The zero-order valence-corrected chi connectivity index (χ0v) is 14.1. The topological polar surface area (TPSA) is 70.6 Å². The van der Waals surface area contributed by atoms with Crippen LogP contribution >= 0.6 is 11.6 Å². The van der Waals surface area contributed by atoms with E-state index in [-0.39, 0.29) is 17.6 Å². The molecular formula is C16H25ClN2O3. The van der Waals surface area contributed by atoms with Crippen LogP contribution in [-0.4, -0.2) is 36.9 Å². The van der Waals surface area contributed by atoms with E-state index in [1.807, 2.05) is 13.8 Å². The zero-order valence-electron chi connectivity index (χ0n) is 13.4. The predicted molar refractivity (Wildman–Crippen MR) is 88.4 cm³/mol. The number of ether oxygens (including phenoxy) is 1. The monoisotopic (exact) mass is 328 g/mol. The van der Waals surface area contributed by atoms with Gasteiger partial charge in [-0.25, -0.2) is 4.79 Å². The van der Waals surface area contributed by atoms with Crippen molar-refractivity contribution >= 4 is 17.6 Å². The van der Waals surface area contributed by atoms with E-state index < -0.39 is 0 Å². The van der Waals surface area contributed by atoms with Crippen LogP contribution < -0.4 is 15.4 Å². The second-order valence-corrected chi connectivity index (χ2v) is 6.57. The summed E-state index contributed by atoms with van der Waals surface area (Å²) in [7, 11) is 0. The predicted octanol–water partition coefficient (Wildman–Crippen LogP) is 2.82. The van der Waals surface area contributed by atoms with Gasteiger partial charge in [0.2, 0.25) is 0 Å². The van der Waals surface area contributed by atoms with E-state index in [1.54, 1.807) is 31.2 Å². The fraction of sp³-hybridized carbons (Fsp3) is 0.562. The summed E-state index contributed by atoms with van der Waals surface area (Å²) in [4.78, 5) is 11.7. The van der Waals surface area contributed by atoms with Crippen molar-refractivity contribution in [3.05, 3.63) is 29.3 Å². The number of benzene rings is 1. The van der Waals surface area contributed by atoms with Crippen LogP contribution in [0.2, 0.25) is 5.02 Å². The Morgan fingerprint density at radius 2 is 1.95 bits per heavy atom. The van der Waals surface area contributed by atoms with Crippen molar-refractivity contribution in [1.29, 1.82) is 0 Å². The minimum atomic E-state index is -0.382. The Morgan fingerprint density at radius 3 is 2.55 bits per heavy atom. The number of aliphatic hydroxyl groups is 1. The number of nitrogens with one attached hydrogen (secondary N) is 2. The number of halogens is 1. The maximum Gasteiger partial charge on any atom is 0.314 e. The molecule has 0 radical (unpaired) electrons. The van der Waals surface area contributed by atoms with E-state index in [1.165, 1.54) is 0 Å². The number of urea groups is 1. The van der Waals surface area contributed by atoms with Crippen LogP contribution in [0.25, 0.3) is 0 Å². The number of amides is 2. The highest BCUT2D eigenvalue weighted by Gasteiger charge is 2.20. The average molecular weight is 329 g/mol. The first-order chi connectivity index (χ1) is 10.3. The largest absolute Gasteiger partial charge is 0.492 e. The van der Waals surface area contributed by atoms with Gasteiger partial charge in [-0.3, -0.25) is 0 Å². The maximum atomic E-state index is 11.7. The van der Waals surface area contributed by atoms with Gasteiger partial charge in [-0.1, -0.05) is 25.4 Å². The third kappa shape index (κ3) is 8.10. The number of hydrogen-bond acceptors (Lipinski definition) is 3. The lowest BCUT2D eigenvalue weighted by molar-refractivity contribution is 0.128. The molecule has 0 aromatic heterocycles. The van der Waals surface area contributed by atoms with Gasteiger partial charge in [0.25, 0.3) is 0 Å². The molecule has 124 valence electrons. The van der Waals surface area contributed by atoms with Gasteiger partial charge < -0.3 is 20.5 Å². The second-order valence-electron chi connectivity index (χ2n) is 6.13. The molecule has 0 aliphatic heterocycles. The molecule has 0 saturated carbocycles. The van der Waals surface area contributed by atoms with Crippen molar-refractivity contribution in [3.8, 4) is 5.75 Å². The van der Waals surface area contributed by atoms with E-state index >= 15 is 0 Å². The fourth-order valence-electron chi connectivity index (χ4n) is 2.12. The Kier molecular flexibility index (Phi) is 7.48. The van der Waals surface area contributed by atoms with Crippen molar-refractivity contribution in [1.82, 2.24) is 10.6 Å². The maximum absolute atomic E-state index is 11.7. The van der Waals surface area contributed by atoms with Crippen molar-refractivity contribution in [3.63, 3.8) is 0 Å². The molecule has 1 atom stereocenters. The number of carbonyl (C=O) groups excluding carboxylic acids is 1. The number of hydrogen-bond donors (Lipinski definition) is 3. The number of aliphatic hydroxyl groups excluding tert-OH is 1. The number of rotatable bonds is 8. The van der Waals surface area contributed by atoms with E-state index in [9.17, 15) is 9.90 Å². The summed E-state index contributed by atoms with van der Waals surface area (Å²) >= 11 is 5.78. The molecule has 2 amide bonds. The first kappa shape index (κ1) is 18.6. The Balaban J connectivity index is 2.17. The molecule has 6 heteroatoms. The third-order valence-electron chi connectivity index (χ3n) is 3.05. The molecule has 3 N–H and O–H groups in total. The Morgan fingerprint density at radius 1 is 1.32 bits per heavy atom. The second kappa shape index (κ2) is 8.86. The average Bonchev–Trinajstić information content (AvgIpc) is 2.42. The molecule has 1 aromatic carbocycles. The lowest BCUT2D eigenvalue weighted by Gasteiger charge is -2.26. The Labute approximate surface area is 137 Å². The lowest BCUT2D eigenvalue weighted by Crippen LogP contribution is -2.42. The molecule has 0 heterocycles. The summed E-state index contributed by atoms with van der Waals surface area (Å²) in [5.74, 6) is 0.713. The summed E-state index contributed by atoms with van der Waals surface area (Å²) in [5.41, 5.74) is -0.148. The minimum Gasteiger partial charge on any atom is -0.492 e. The van der Waals surface area contributed by atoms with Gasteiger partial charge in [0, 0.05) is 11.6 Å². The molecule has 0 aliphatic rings. The molecular weight excluding hydrogens is 304 g/mol. The normalized spacial score (nSPS) is 12.6. The van der Waals surface area contributed by atoms with Crippen LogP contribution in [0, 0.1) is 5.41 Å². The first-order valence-corrected chi connectivity index (χ1v) is 7.74. The van der Waals surface area contributed by atoms with Crippen molar-refractivity contribution in [2.24, 2.45) is 5.41 Å². The quantitative estimate of drug-likeness (QED) is 0.643. The van der Waals surface area contributed by atoms with Gasteiger partial charge in [-0.2, -0.15) is 0 Å². The summed E-state index contributed by atoms with van der Waals surface area (Å²) < 4.78 is 5.48. The summed E-state index contributed by atoms with van der Waals surface area (Å²) in [5, 5.41) is 15.6. The molecule has 0 bridgehead atoms. The van der Waals surface area contributed by atoms with Gasteiger partial charge in [-0.05, 0) is 43.0 Å². The minimum absolute atomic E-state index is 0.148. The van der Waals surface area contributed by atoms with Gasteiger partial charge in [-0.15, -0.1) is 0 Å². The highest BCUT2D eigenvalue weighted by atomic mass is 35.5. The molecule has 0 saturated heterocycles. The van der Waals surface area contributed by atoms with Crippen LogP contribution in [0.5, 0.6) is 5.75 Å². The summed E-state index contributed by atoms with van der Waals surface area (Å²) in [6.45, 7) is 7.04. The van der Waals surface area contributed by atoms with Crippen molar-refractivity contribution in [2.75, 3.05) is 19.7 Å². The van der Waals surface area contributed by atoms with Crippen LogP contribution in [0.4, 0.5) is 4.79 Å². The van der Waals surface area contributed by atoms with Crippen molar-refractivity contribution in [2.45, 2.75) is 33.3 Å². The standard InChI is InChI=1S/C16H25ClN2O3/c1-12(20)10-16(2,3)11-19-15(21)18-8-9-22-14-6-4-13(17)5-7-14/h4-7,12,20H,8-11H2,1-3H3,(H2,18,19,21). The smallest absolute Gasteiger partial charge is 0.314 e. The van der Waals surface area contributed by atoms with E-state index in [0.717, 1.165) is 0 Å². The summed E-state index contributed by atoms with van der Waals surface area (Å²) in [6, 6.07) is 6.82. The molecule has 5 nitrogen and oxygen atoms in total. The Hall–Kier alpha value is -1.46. The molecule has 0 aliphatic carbocycles. The molecule has 1 unspecified atom stereocenters. The molecule has 22 heavy (non-hydrogen) atoms. The van der Waals surface area contributed by atoms with Gasteiger partial charge in [0.05, 0.1) is 12.6 Å². The molecule has 1 rings (SSSR count). The van der Waals surface area contributed by atoms with Gasteiger partial charge in [0.15, 0.2) is 0 Å². The van der Waals surface area contributed by atoms with Crippen LogP contribution in [0.15, 0.2) is 24.3 Å².